The van der Waals surface area contributed by atoms with E-state index in [4.69, 9.17) is 5.73 Å². The van der Waals surface area contributed by atoms with E-state index in [0.29, 0.717) is 0 Å². The van der Waals surface area contributed by atoms with Crippen LogP contribution in [0.15, 0.2) is 35.2 Å². The molecule has 3 N–H and O–H groups in total. The molecule has 1 aromatic rings. The Morgan fingerprint density at radius 1 is 1.12 bits per heavy atom. The topological polar surface area (TPSA) is 106 Å². The zero-order valence-corrected chi connectivity index (χ0v) is 14.4. The van der Waals surface area contributed by atoms with E-state index in [2.05, 4.69) is 5.32 Å². The van der Waals surface area contributed by atoms with E-state index >= 15 is 0 Å². The Bertz CT molecular complexity index is 667. The van der Waals surface area contributed by atoms with Crippen molar-refractivity contribution in [2.45, 2.75) is 49.5 Å². The van der Waals surface area contributed by atoms with Crippen molar-refractivity contribution in [1.82, 2.24) is 5.32 Å². The molecule has 1 aromatic carbocycles. The second kappa shape index (κ2) is 8.28. The van der Waals surface area contributed by atoms with Gasteiger partial charge in [-0.25, -0.2) is 8.42 Å². The molecule has 132 valence electrons. The lowest BCUT2D eigenvalue weighted by Crippen LogP contribution is -2.47. The summed E-state index contributed by atoms with van der Waals surface area (Å²) in [4.78, 5) is 24.0. The molecule has 1 atom stereocenters. The van der Waals surface area contributed by atoms with Gasteiger partial charge in [0.2, 0.25) is 11.8 Å². The zero-order chi connectivity index (χ0) is 17.6. The number of benzene rings is 1. The van der Waals surface area contributed by atoms with Gasteiger partial charge in [0.1, 0.15) is 6.04 Å². The summed E-state index contributed by atoms with van der Waals surface area (Å²) in [6, 6.07) is 7.07. The van der Waals surface area contributed by atoms with Crippen molar-refractivity contribution in [2.24, 2.45) is 11.7 Å². The van der Waals surface area contributed by atoms with Gasteiger partial charge in [-0.2, -0.15) is 0 Å². The molecule has 1 aliphatic rings. The van der Waals surface area contributed by atoms with Crippen molar-refractivity contribution >= 4 is 21.7 Å². The van der Waals surface area contributed by atoms with Crippen molar-refractivity contribution < 1.29 is 18.0 Å². The van der Waals surface area contributed by atoms with Gasteiger partial charge in [0.05, 0.1) is 10.6 Å². The molecular formula is C17H24N2O4S. The Balaban J connectivity index is 1.96. The number of sulfone groups is 1. The third kappa shape index (κ3) is 5.06. The minimum atomic E-state index is -3.51. The molecule has 0 unspecified atom stereocenters. The molecule has 2 rings (SSSR count). The van der Waals surface area contributed by atoms with Crippen molar-refractivity contribution in [3.05, 3.63) is 30.3 Å². The second-order valence-electron chi connectivity index (χ2n) is 6.22. The maximum atomic E-state index is 12.3. The van der Waals surface area contributed by atoms with Crippen LogP contribution >= 0.6 is 0 Å². The van der Waals surface area contributed by atoms with E-state index in [-0.39, 0.29) is 28.9 Å². The number of carbonyl (C=O) groups excluding carboxylic acids is 2. The number of primary amides is 1. The lowest BCUT2D eigenvalue weighted by molar-refractivity contribution is -0.130. The van der Waals surface area contributed by atoms with E-state index in [1.54, 1.807) is 18.2 Å². The van der Waals surface area contributed by atoms with Gasteiger partial charge in [0.25, 0.3) is 0 Å². The standard InChI is InChI=1S/C17H24N2O4S/c18-16(20)15(19-17(21)13-7-3-1-4-8-13)11-12-24(22,23)14-9-5-2-6-10-14/h2,5-6,9-10,13,15H,1,3-4,7-8,11-12H2,(H2,18,20)(H,19,21)/t15-/m1/s1. The van der Waals surface area contributed by atoms with Crippen LogP contribution in [-0.4, -0.2) is 32.0 Å². The molecule has 0 aromatic heterocycles. The minimum absolute atomic E-state index is 0.0228. The first-order valence-electron chi connectivity index (χ1n) is 8.27. The first kappa shape index (κ1) is 18.4. The number of rotatable bonds is 7. The van der Waals surface area contributed by atoms with Crippen molar-refractivity contribution in [2.75, 3.05) is 5.75 Å². The summed E-state index contributed by atoms with van der Waals surface area (Å²) >= 11 is 0. The molecule has 1 fully saturated rings. The van der Waals surface area contributed by atoms with Crippen LogP contribution in [0, 0.1) is 5.92 Å². The van der Waals surface area contributed by atoms with Gasteiger partial charge in [0, 0.05) is 5.92 Å². The zero-order valence-electron chi connectivity index (χ0n) is 13.6. The monoisotopic (exact) mass is 352 g/mol. The number of nitrogens with two attached hydrogens (primary N) is 1. The Labute approximate surface area is 142 Å². The SMILES string of the molecule is NC(=O)[C@@H](CCS(=O)(=O)c1ccccc1)NC(=O)C1CCCCC1. The van der Waals surface area contributed by atoms with Gasteiger partial charge in [-0.15, -0.1) is 0 Å². The van der Waals surface area contributed by atoms with Crippen LogP contribution in [0.2, 0.25) is 0 Å². The molecule has 1 saturated carbocycles. The van der Waals surface area contributed by atoms with Gasteiger partial charge < -0.3 is 11.1 Å². The van der Waals surface area contributed by atoms with Crippen molar-refractivity contribution in [1.29, 1.82) is 0 Å². The molecule has 0 saturated heterocycles. The number of carbonyl (C=O) groups is 2. The molecule has 0 spiro atoms. The van der Waals surface area contributed by atoms with Gasteiger partial charge in [-0.3, -0.25) is 9.59 Å². The Morgan fingerprint density at radius 2 is 1.75 bits per heavy atom. The van der Waals surface area contributed by atoms with Crippen LogP contribution < -0.4 is 11.1 Å². The van der Waals surface area contributed by atoms with Crippen LogP contribution in [0.4, 0.5) is 0 Å². The molecular weight excluding hydrogens is 328 g/mol. The number of hydrogen-bond donors (Lipinski definition) is 2. The lowest BCUT2D eigenvalue weighted by atomic mass is 9.88. The Hall–Kier alpha value is -1.89. The summed E-state index contributed by atoms with van der Waals surface area (Å²) in [6.07, 6.45) is 4.71. The fourth-order valence-electron chi connectivity index (χ4n) is 2.96. The third-order valence-electron chi connectivity index (χ3n) is 4.41. The second-order valence-corrected chi connectivity index (χ2v) is 8.33. The average molecular weight is 352 g/mol. The number of amides is 2. The Morgan fingerprint density at radius 3 is 2.33 bits per heavy atom. The van der Waals surface area contributed by atoms with E-state index in [1.165, 1.54) is 12.1 Å². The van der Waals surface area contributed by atoms with E-state index in [1.807, 2.05) is 0 Å². The number of hydrogen-bond acceptors (Lipinski definition) is 4. The maximum absolute atomic E-state index is 12.3. The highest BCUT2D eigenvalue weighted by Gasteiger charge is 2.27. The number of nitrogens with one attached hydrogen (secondary N) is 1. The van der Waals surface area contributed by atoms with Crippen LogP contribution in [0.25, 0.3) is 0 Å². The molecule has 0 aliphatic heterocycles. The summed E-state index contributed by atoms with van der Waals surface area (Å²) in [6.45, 7) is 0. The molecule has 2 amide bonds. The predicted molar refractivity (Wildman–Crippen MR) is 90.8 cm³/mol. The van der Waals surface area contributed by atoms with E-state index in [9.17, 15) is 18.0 Å². The maximum Gasteiger partial charge on any atom is 0.240 e. The highest BCUT2D eigenvalue weighted by atomic mass is 32.2. The highest BCUT2D eigenvalue weighted by molar-refractivity contribution is 7.91. The molecule has 0 heterocycles. The minimum Gasteiger partial charge on any atom is -0.368 e. The summed E-state index contributed by atoms with van der Waals surface area (Å²) in [7, 11) is -3.51. The molecule has 7 heteroatoms. The quantitative estimate of drug-likeness (QED) is 0.773. The average Bonchev–Trinajstić information content (AvgIpc) is 2.59. The lowest BCUT2D eigenvalue weighted by Gasteiger charge is -2.23. The summed E-state index contributed by atoms with van der Waals surface area (Å²) in [5.41, 5.74) is 5.33. The molecule has 6 nitrogen and oxygen atoms in total. The van der Waals surface area contributed by atoms with Crippen molar-refractivity contribution in [3.8, 4) is 0 Å². The van der Waals surface area contributed by atoms with Gasteiger partial charge in [-0.05, 0) is 31.4 Å². The largest absolute Gasteiger partial charge is 0.368 e. The first-order valence-corrected chi connectivity index (χ1v) is 9.93. The fourth-order valence-corrected chi connectivity index (χ4v) is 4.31. The van der Waals surface area contributed by atoms with Crippen LogP contribution in [0.3, 0.4) is 0 Å². The Kier molecular flexibility index (Phi) is 6.36. The molecule has 24 heavy (non-hydrogen) atoms. The highest BCUT2D eigenvalue weighted by Crippen LogP contribution is 2.24. The van der Waals surface area contributed by atoms with E-state index < -0.39 is 21.8 Å². The van der Waals surface area contributed by atoms with Crippen LogP contribution in [0.1, 0.15) is 38.5 Å². The van der Waals surface area contributed by atoms with Crippen LogP contribution in [0.5, 0.6) is 0 Å². The normalized spacial score (nSPS) is 17.2. The van der Waals surface area contributed by atoms with Crippen molar-refractivity contribution in [3.63, 3.8) is 0 Å². The van der Waals surface area contributed by atoms with E-state index in [0.717, 1.165) is 32.1 Å². The summed E-state index contributed by atoms with van der Waals surface area (Å²) < 4.78 is 24.6. The predicted octanol–water partition coefficient (Wildman–Crippen LogP) is 1.40. The third-order valence-corrected chi connectivity index (χ3v) is 6.18. The molecule has 0 bridgehead atoms. The van der Waals surface area contributed by atoms with Gasteiger partial charge in [0.15, 0.2) is 9.84 Å². The van der Waals surface area contributed by atoms with Gasteiger partial charge in [-0.1, -0.05) is 37.5 Å². The summed E-state index contributed by atoms with van der Waals surface area (Å²) in [5.74, 6) is -1.25. The first-order chi connectivity index (χ1) is 11.4. The molecule has 1 aliphatic carbocycles. The van der Waals surface area contributed by atoms with Gasteiger partial charge >= 0.3 is 0 Å². The smallest absolute Gasteiger partial charge is 0.240 e. The summed E-state index contributed by atoms with van der Waals surface area (Å²) in [5, 5.41) is 2.63. The van der Waals surface area contributed by atoms with Crippen LogP contribution in [-0.2, 0) is 19.4 Å². The fraction of sp³-hybridized carbons (Fsp3) is 0.529. The molecule has 0 radical (unpaired) electrons.